The minimum absolute atomic E-state index is 0.733. The van der Waals surface area contributed by atoms with Gasteiger partial charge in [0.05, 0.1) is 6.61 Å². The second-order valence-electron chi connectivity index (χ2n) is 5.37. The third-order valence-electron chi connectivity index (χ3n) is 2.99. The molecule has 0 heterocycles. The Balaban J connectivity index is 1.76. The molecule has 88 valence electrons. The minimum atomic E-state index is 0.733. The summed E-state index contributed by atoms with van der Waals surface area (Å²) < 4.78 is 5.66. The predicted octanol–water partition coefficient (Wildman–Crippen LogP) is 3.81. The van der Waals surface area contributed by atoms with Crippen LogP contribution in [0.5, 0.6) is 0 Å². The van der Waals surface area contributed by atoms with Gasteiger partial charge in [-0.1, -0.05) is 38.1 Å². The third kappa shape index (κ3) is 3.97. The largest absolute Gasteiger partial charge is 0.376 e. The van der Waals surface area contributed by atoms with Crippen LogP contribution in [-0.2, 0) is 17.8 Å². The first-order valence-electron chi connectivity index (χ1n) is 6.39. The summed E-state index contributed by atoms with van der Waals surface area (Å²) in [6.07, 6.45) is 3.91. The first-order chi connectivity index (χ1) is 7.74. The standard InChI is InChI=1S/C15H22O/c1-12(2)9-13-3-5-14(6-4-13)10-16-11-15-7-8-15/h3-6,12,15H,7-11H2,1-2H3. The highest BCUT2D eigenvalue weighted by atomic mass is 16.5. The van der Waals surface area contributed by atoms with Crippen LogP contribution in [0.4, 0.5) is 0 Å². The van der Waals surface area contributed by atoms with E-state index in [4.69, 9.17) is 4.74 Å². The average molecular weight is 218 g/mol. The van der Waals surface area contributed by atoms with Gasteiger partial charge in [0.1, 0.15) is 0 Å². The fourth-order valence-electron chi connectivity index (χ4n) is 1.87. The van der Waals surface area contributed by atoms with Crippen LogP contribution in [0.15, 0.2) is 24.3 Å². The van der Waals surface area contributed by atoms with Crippen molar-refractivity contribution in [3.63, 3.8) is 0 Å². The van der Waals surface area contributed by atoms with Gasteiger partial charge >= 0.3 is 0 Å². The van der Waals surface area contributed by atoms with Crippen LogP contribution in [0.25, 0.3) is 0 Å². The molecule has 1 heteroatoms. The van der Waals surface area contributed by atoms with E-state index in [0.717, 1.165) is 25.0 Å². The monoisotopic (exact) mass is 218 g/mol. The van der Waals surface area contributed by atoms with Crippen molar-refractivity contribution in [3.8, 4) is 0 Å². The number of benzene rings is 1. The summed E-state index contributed by atoms with van der Waals surface area (Å²) in [7, 11) is 0. The molecule has 0 bridgehead atoms. The zero-order valence-corrected chi connectivity index (χ0v) is 10.4. The van der Waals surface area contributed by atoms with Gasteiger partial charge in [-0.25, -0.2) is 0 Å². The molecule has 1 aromatic rings. The lowest BCUT2D eigenvalue weighted by Gasteiger charge is -2.07. The van der Waals surface area contributed by atoms with Gasteiger partial charge in [-0.2, -0.15) is 0 Å². The second-order valence-corrected chi connectivity index (χ2v) is 5.37. The van der Waals surface area contributed by atoms with Crippen molar-refractivity contribution < 1.29 is 4.74 Å². The molecule has 1 saturated carbocycles. The second kappa shape index (κ2) is 5.49. The molecule has 0 aromatic heterocycles. The molecule has 0 unspecified atom stereocenters. The highest BCUT2D eigenvalue weighted by molar-refractivity contribution is 5.22. The summed E-state index contributed by atoms with van der Waals surface area (Å²) in [4.78, 5) is 0. The molecule has 0 aliphatic heterocycles. The van der Waals surface area contributed by atoms with Gasteiger partial charge in [0.25, 0.3) is 0 Å². The molecule has 0 saturated heterocycles. The minimum Gasteiger partial charge on any atom is -0.376 e. The van der Waals surface area contributed by atoms with Gasteiger partial charge in [0, 0.05) is 6.61 Å². The highest BCUT2D eigenvalue weighted by Crippen LogP contribution is 2.29. The highest BCUT2D eigenvalue weighted by Gasteiger charge is 2.20. The smallest absolute Gasteiger partial charge is 0.0717 e. The Morgan fingerprint density at radius 3 is 2.31 bits per heavy atom. The van der Waals surface area contributed by atoms with Crippen LogP contribution in [0.1, 0.15) is 37.8 Å². The molecule has 0 N–H and O–H groups in total. The Kier molecular flexibility index (Phi) is 4.00. The Labute approximate surface area is 98.8 Å². The van der Waals surface area contributed by atoms with E-state index in [1.165, 1.54) is 30.4 Å². The van der Waals surface area contributed by atoms with E-state index in [1.54, 1.807) is 0 Å². The Hall–Kier alpha value is -0.820. The van der Waals surface area contributed by atoms with Crippen LogP contribution in [0, 0.1) is 11.8 Å². The maximum atomic E-state index is 5.66. The molecule has 1 aromatic carbocycles. The normalized spacial score (nSPS) is 15.7. The SMILES string of the molecule is CC(C)Cc1ccc(COCC2CC2)cc1. The molecule has 0 amide bonds. The fraction of sp³-hybridized carbons (Fsp3) is 0.600. The summed E-state index contributed by atoms with van der Waals surface area (Å²) in [6.45, 7) is 6.24. The topological polar surface area (TPSA) is 9.23 Å². The fourth-order valence-corrected chi connectivity index (χ4v) is 1.87. The van der Waals surface area contributed by atoms with Crippen LogP contribution < -0.4 is 0 Å². The van der Waals surface area contributed by atoms with E-state index in [-0.39, 0.29) is 0 Å². The quantitative estimate of drug-likeness (QED) is 0.705. The summed E-state index contributed by atoms with van der Waals surface area (Å²) in [5, 5.41) is 0. The van der Waals surface area contributed by atoms with Gasteiger partial charge in [0.15, 0.2) is 0 Å². The molecule has 0 atom stereocenters. The van der Waals surface area contributed by atoms with Crippen molar-refractivity contribution in [2.75, 3.05) is 6.61 Å². The van der Waals surface area contributed by atoms with Crippen LogP contribution in [0.3, 0.4) is 0 Å². The first-order valence-corrected chi connectivity index (χ1v) is 6.39. The van der Waals surface area contributed by atoms with Crippen LogP contribution in [-0.4, -0.2) is 6.61 Å². The van der Waals surface area contributed by atoms with Gasteiger partial charge in [0.2, 0.25) is 0 Å². The third-order valence-corrected chi connectivity index (χ3v) is 2.99. The zero-order valence-electron chi connectivity index (χ0n) is 10.4. The molecule has 1 fully saturated rings. The number of ether oxygens (including phenoxy) is 1. The first kappa shape index (κ1) is 11.7. The van der Waals surface area contributed by atoms with Gasteiger partial charge < -0.3 is 4.74 Å². The lowest BCUT2D eigenvalue weighted by Crippen LogP contribution is -1.98. The van der Waals surface area contributed by atoms with Crippen molar-refractivity contribution in [2.45, 2.75) is 39.7 Å². The van der Waals surface area contributed by atoms with Crippen molar-refractivity contribution in [1.29, 1.82) is 0 Å². The molecule has 16 heavy (non-hydrogen) atoms. The Bertz CT molecular complexity index is 309. The van der Waals surface area contributed by atoms with Crippen molar-refractivity contribution >= 4 is 0 Å². The van der Waals surface area contributed by atoms with E-state index < -0.39 is 0 Å². The molecular weight excluding hydrogens is 196 g/mol. The van der Waals surface area contributed by atoms with Gasteiger partial charge in [-0.15, -0.1) is 0 Å². The number of hydrogen-bond donors (Lipinski definition) is 0. The average Bonchev–Trinajstić information content (AvgIpc) is 3.04. The summed E-state index contributed by atoms with van der Waals surface area (Å²) >= 11 is 0. The van der Waals surface area contributed by atoms with E-state index >= 15 is 0 Å². The van der Waals surface area contributed by atoms with Gasteiger partial charge in [-0.3, -0.25) is 0 Å². The lowest BCUT2D eigenvalue weighted by molar-refractivity contribution is 0.111. The van der Waals surface area contributed by atoms with E-state index in [2.05, 4.69) is 38.1 Å². The van der Waals surface area contributed by atoms with Crippen LogP contribution >= 0.6 is 0 Å². The molecule has 1 aliphatic rings. The van der Waals surface area contributed by atoms with E-state index in [9.17, 15) is 0 Å². The number of hydrogen-bond acceptors (Lipinski definition) is 1. The van der Waals surface area contributed by atoms with Crippen LogP contribution in [0.2, 0.25) is 0 Å². The molecule has 1 aliphatic carbocycles. The molecule has 0 spiro atoms. The van der Waals surface area contributed by atoms with E-state index in [1.807, 2.05) is 0 Å². The Morgan fingerprint density at radius 1 is 1.12 bits per heavy atom. The van der Waals surface area contributed by atoms with Crippen molar-refractivity contribution in [2.24, 2.45) is 11.8 Å². The van der Waals surface area contributed by atoms with E-state index in [0.29, 0.717) is 0 Å². The molecule has 0 radical (unpaired) electrons. The lowest BCUT2D eigenvalue weighted by atomic mass is 10.0. The predicted molar refractivity (Wildman–Crippen MR) is 67.4 cm³/mol. The zero-order chi connectivity index (χ0) is 11.4. The molecule has 2 rings (SSSR count). The summed E-state index contributed by atoms with van der Waals surface area (Å²) in [5.74, 6) is 1.59. The summed E-state index contributed by atoms with van der Waals surface area (Å²) in [6, 6.07) is 8.86. The Morgan fingerprint density at radius 2 is 1.75 bits per heavy atom. The van der Waals surface area contributed by atoms with Crippen molar-refractivity contribution in [1.82, 2.24) is 0 Å². The van der Waals surface area contributed by atoms with Gasteiger partial charge in [-0.05, 0) is 42.2 Å². The number of rotatable bonds is 6. The maximum Gasteiger partial charge on any atom is 0.0717 e. The van der Waals surface area contributed by atoms with Crippen molar-refractivity contribution in [3.05, 3.63) is 35.4 Å². The maximum absolute atomic E-state index is 5.66. The summed E-state index contributed by atoms with van der Waals surface area (Å²) in [5.41, 5.74) is 2.73. The molecular formula is C15H22O. The molecule has 1 nitrogen and oxygen atoms in total.